The molecule has 3 fully saturated rings. The van der Waals surface area contributed by atoms with Crippen molar-refractivity contribution in [3.8, 4) is 11.5 Å². The van der Waals surface area contributed by atoms with Gasteiger partial charge in [-0.2, -0.15) is 0 Å². The van der Waals surface area contributed by atoms with Gasteiger partial charge in [0.1, 0.15) is 23.4 Å². The Labute approximate surface area is 181 Å². The minimum atomic E-state index is -0.222. The molecule has 0 spiro atoms. The van der Waals surface area contributed by atoms with Crippen LogP contribution in [0.15, 0.2) is 48.5 Å². The standard InChI is InChI=1S/C25H27NO5/c1-15-4-2-6-19(10-15)31-20-7-3-5-17(11-20)25(28)26-21-14-30-23-18(13-29-24(21)23)12-22(27)16-8-9-16/h2-7,10-11,16,18,21,23-24H,8-9,12-14H2,1H3,(H,26,28). The maximum absolute atomic E-state index is 12.9. The van der Waals surface area contributed by atoms with Crippen molar-refractivity contribution < 1.29 is 23.8 Å². The van der Waals surface area contributed by atoms with Gasteiger partial charge in [0.15, 0.2) is 0 Å². The highest BCUT2D eigenvalue weighted by Crippen LogP contribution is 2.37. The number of ether oxygens (including phenoxy) is 3. The van der Waals surface area contributed by atoms with E-state index in [1.54, 1.807) is 18.2 Å². The van der Waals surface area contributed by atoms with Gasteiger partial charge in [0.05, 0.1) is 25.4 Å². The summed E-state index contributed by atoms with van der Waals surface area (Å²) in [5.41, 5.74) is 1.63. The molecule has 6 nitrogen and oxygen atoms in total. The van der Waals surface area contributed by atoms with Crippen LogP contribution in [0.2, 0.25) is 0 Å². The third kappa shape index (κ3) is 4.50. The van der Waals surface area contributed by atoms with Crippen LogP contribution in [0.4, 0.5) is 0 Å². The Bertz CT molecular complexity index is 985. The maximum atomic E-state index is 12.9. The third-order valence-electron chi connectivity index (χ3n) is 6.29. The second kappa shape index (κ2) is 8.44. The number of amides is 1. The van der Waals surface area contributed by atoms with Crippen LogP contribution in [-0.4, -0.2) is 43.2 Å². The average molecular weight is 421 g/mol. The average Bonchev–Trinajstić information content (AvgIpc) is 3.43. The molecule has 1 amide bonds. The topological polar surface area (TPSA) is 73.9 Å². The van der Waals surface area contributed by atoms with E-state index in [0.717, 1.165) is 24.2 Å². The van der Waals surface area contributed by atoms with Crippen LogP contribution in [0.3, 0.4) is 0 Å². The summed E-state index contributed by atoms with van der Waals surface area (Å²) in [6.07, 6.45) is 2.24. The SMILES string of the molecule is Cc1cccc(Oc2cccc(C(=O)NC3COC4C(CC(=O)C5CC5)COC34)c2)c1. The Hall–Kier alpha value is -2.70. The normalized spacial score (nSPS) is 27.0. The number of hydrogen-bond acceptors (Lipinski definition) is 5. The number of Topliss-reactive ketones (excluding diaryl/α,β-unsaturated/α-hetero) is 1. The molecule has 1 saturated carbocycles. The molecule has 0 bridgehead atoms. The predicted molar refractivity (Wildman–Crippen MR) is 114 cm³/mol. The number of carbonyl (C=O) groups is 2. The van der Waals surface area contributed by atoms with Gasteiger partial charge < -0.3 is 19.5 Å². The summed E-state index contributed by atoms with van der Waals surface area (Å²) in [4.78, 5) is 25.1. The van der Waals surface area contributed by atoms with Gasteiger partial charge in [0.2, 0.25) is 0 Å². The Kier molecular flexibility index (Phi) is 5.50. The molecule has 31 heavy (non-hydrogen) atoms. The van der Waals surface area contributed by atoms with Gasteiger partial charge in [-0.05, 0) is 55.7 Å². The summed E-state index contributed by atoms with van der Waals surface area (Å²) in [5.74, 6) is 1.82. The van der Waals surface area contributed by atoms with Gasteiger partial charge in [0, 0.05) is 23.8 Å². The molecule has 0 radical (unpaired) electrons. The second-order valence-electron chi connectivity index (χ2n) is 8.83. The van der Waals surface area contributed by atoms with E-state index in [4.69, 9.17) is 14.2 Å². The lowest BCUT2D eigenvalue weighted by atomic mass is 9.94. The zero-order chi connectivity index (χ0) is 21.4. The Morgan fingerprint density at radius 2 is 1.74 bits per heavy atom. The summed E-state index contributed by atoms with van der Waals surface area (Å²) in [5, 5.41) is 3.05. The minimum Gasteiger partial charge on any atom is -0.457 e. The molecule has 2 aliphatic heterocycles. The first-order valence-electron chi connectivity index (χ1n) is 11.0. The third-order valence-corrected chi connectivity index (χ3v) is 6.29. The highest BCUT2D eigenvalue weighted by molar-refractivity contribution is 5.94. The number of hydrogen-bond donors (Lipinski definition) is 1. The van der Waals surface area contributed by atoms with Crippen molar-refractivity contribution in [1.82, 2.24) is 5.32 Å². The first-order valence-corrected chi connectivity index (χ1v) is 11.0. The highest BCUT2D eigenvalue weighted by Gasteiger charge is 2.49. The van der Waals surface area contributed by atoms with Gasteiger partial charge in [-0.25, -0.2) is 0 Å². The molecule has 2 heterocycles. The van der Waals surface area contributed by atoms with Crippen LogP contribution >= 0.6 is 0 Å². The van der Waals surface area contributed by atoms with Crippen molar-refractivity contribution in [3.63, 3.8) is 0 Å². The van der Waals surface area contributed by atoms with Crippen LogP contribution in [0.25, 0.3) is 0 Å². The second-order valence-corrected chi connectivity index (χ2v) is 8.83. The van der Waals surface area contributed by atoms with Gasteiger partial charge >= 0.3 is 0 Å². The molecule has 4 unspecified atom stereocenters. The van der Waals surface area contributed by atoms with E-state index < -0.39 is 0 Å². The van der Waals surface area contributed by atoms with Gasteiger partial charge in [-0.1, -0.05) is 18.2 Å². The Morgan fingerprint density at radius 1 is 1.00 bits per heavy atom. The molecular formula is C25H27NO5. The molecule has 5 rings (SSSR count). The zero-order valence-corrected chi connectivity index (χ0v) is 17.6. The van der Waals surface area contributed by atoms with E-state index >= 15 is 0 Å². The van der Waals surface area contributed by atoms with Crippen LogP contribution in [0.1, 0.15) is 35.2 Å². The van der Waals surface area contributed by atoms with E-state index in [0.29, 0.717) is 36.7 Å². The lowest BCUT2D eigenvalue weighted by molar-refractivity contribution is -0.121. The van der Waals surface area contributed by atoms with Crippen molar-refractivity contribution >= 4 is 11.7 Å². The molecule has 2 aromatic rings. The summed E-state index contributed by atoms with van der Waals surface area (Å²) >= 11 is 0. The minimum absolute atomic E-state index is 0.0889. The smallest absolute Gasteiger partial charge is 0.251 e. The van der Waals surface area contributed by atoms with E-state index in [9.17, 15) is 9.59 Å². The number of rotatable bonds is 7. The summed E-state index contributed by atoms with van der Waals surface area (Å²) in [6, 6.07) is 14.7. The summed E-state index contributed by atoms with van der Waals surface area (Å²) in [7, 11) is 0. The molecule has 3 aliphatic rings. The number of fused-ring (bicyclic) bond motifs is 1. The fourth-order valence-electron chi connectivity index (χ4n) is 4.48. The van der Waals surface area contributed by atoms with Crippen molar-refractivity contribution in [2.75, 3.05) is 13.2 Å². The van der Waals surface area contributed by atoms with Crippen LogP contribution in [-0.2, 0) is 14.3 Å². The Balaban J connectivity index is 1.20. The number of aryl methyl sites for hydroxylation is 1. The van der Waals surface area contributed by atoms with Crippen molar-refractivity contribution in [2.24, 2.45) is 11.8 Å². The lowest BCUT2D eigenvalue weighted by Crippen LogP contribution is -2.44. The number of carbonyl (C=O) groups excluding carboxylic acids is 2. The van der Waals surface area contributed by atoms with E-state index in [-0.39, 0.29) is 36.0 Å². The molecule has 6 heteroatoms. The largest absolute Gasteiger partial charge is 0.457 e. The highest BCUT2D eigenvalue weighted by atomic mass is 16.6. The fraction of sp³-hybridized carbons (Fsp3) is 0.440. The molecule has 4 atom stereocenters. The van der Waals surface area contributed by atoms with Gasteiger partial charge in [0.25, 0.3) is 5.91 Å². The lowest BCUT2D eigenvalue weighted by Gasteiger charge is -2.18. The number of nitrogens with one attached hydrogen (secondary N) is 1. The molecule has 2 aromatic carbocycles. The van der Waals surface area contributed by atoms with Crippen LogP contribution in [0, 0.1) is 18.8 Å². The number of benzene rings is 2. The zero-order valence-electron chi connectivity index (χ0n) is 17.6. The quantitative estimate of drug-likeness (QED) is 0.739. The fourth-order valence-corrected chi connectivity index (χ4v) is 4.48. The van der Waals surface area contributed by atoms with E-state index in [1.807, 2.05) is 37.3 Å². The van der Waals surface area contributed by atoms with E-state index in [2.05, 4.69) is 5.32 Å². The van der Waals surface area contributed by atoms with Crippen molar-refractivity contribution in [2.45, 2.75) is 44.4 Å². The van der Waals surface area contributed by atoms with Crippen molar-refractivity contribution in [1.29, 1.82) is 0 Å². The monoisotopic (exact) mass is 421 g/mol. The maximum Gasteiger partial charge on any atom is 0.251 e. The summed E-state index contributed by atoms with van der Waals surface area (Å²) < 4.78 is 17.8. The number of ketones is 1. The van der Waals surface area contributed by atoms with E-state index in [1.165, 1.54) is 0 Å². The van der Waals surface area contributed by atoms with Crippen LogP contribution < -0.4 is 10.1 Å². The molecule has 162 valence electrons. The molecule has 1 N–H and O–H groups in total. The molecule has 0 aromatic heterocycles. The predicted octanol–water partition coefficient (Wildman–Crippen LogP) is 3.67. The molecule has 1 aliphatic carbocycles. The first-order chi connectivity index (χ1) is 15.1. The molecular weight excluding hydrogens is 394 g/mol. The summed E-state index contributed by atoms with van der Waals surface area (Å²) in [6.45, 7) is 2.92. The Morgan fingerprint density at radius 3 is 2.52 bits per heavy atom. The molecule has 2 saturated heterocycles. The van der Waals surface area contributed by atoms with Gasteiger partial charge in [-0.15, -0.1) is 0 Å². The first kappa shape index (κ1) is 20.2. The van der Waals surface area contributed by atoms with Gasteiger partial charge in [-0.3, -0.25) is 9.59 Å². The van der Waals surface area contributed by atoms with Crippen molar-refractivity contribution in [3.05, 3.63) is 59.7 Å². The van der Waals surface area contributed by atoms with Crippen LogP contribution in [0.5, 0.6) is 11.5 Å².